The highest BCUT2D eigenvalue weighted by atomic mass is 32.1. The normalized spacial score (nSPS) is 10.4. The van der Waals surface area contributed by atoms with Gasteiger partial charge in [0.2, 0.25) is 0 Å². The Kier molecular flexibility index (Phi) is 5.23. The van der Waals surface area contributed by atoms with Crippen molar-refractivity contribution in [3.05, 3.63) is 71.2 Å². The van der Waals surface area contributed by atoms with E-state index >= 15 is 0 Å². The fourth-order valence-electron chi connectivity index (χ4n) is 2.13. The highest BCUT2D eigenvalue weighted by molar-refractivity contribution is 7.13. The van der Waals surface area contributed by atoms with E-state index in [1.807, 2.05) is 66.9 Å². The van der Waals surface area contributed by atoms with Crippen LogP contribution in [-0.4, -0.2) is 17.5 Å². The Morgan fingerprint density at radius 3 is 2.62 bits per heavy atom. The molecule has 5 heteroatoms. The average Bonchev–Trinajstić information content (AvgIpc) is 3.09. The summed E-state index contributed by atoms with van der Waals surface area (Å²) in [6.07, 6.45) is 0. The minimum atomic E-state index is -0.162. The number of carbonyl (C=O) groups excluding carboxylic acids is 1. The van der Waals surface area contributed by atoms with Crippen LogP contribution >= 0.6 is 11.3 Å². The monoisotopic (exact) mass is 338 g/mol. The highest BCUT2D eigenvalue weighted by Crippen LogP contribution is 2.23. The SMILES string of the molecule is Cc1ccc(OCC(=O)NCc2csc(-c3ccccc3)n2)cc1. The van der Waals surface area contributed by atoms with Crippen LogP contribution in [0.15, 0.2) is 60.0 Å². The summed E-state index contributed by atoms with van der Waals surface area (Å²) in [4.78, 5) is 16.4. The number of hydrogen-bond donors (Lipinski definition) is 1. The van der Waals surface area contributed by atoms with E-state index in [4.69, 9.17) is 4.74 Å². The molecular formula is C19H18N2O2S. The van der Waals surface area contributed by atoms with E-state index in [-0.39, 0.29) is 12.5 Å². The molecule has 0 aliphatic heterocycles. The number of thiazole rings is 1. The van der Waals surface area contributed by atoms with Gasteiger partial charge in [-0.05, 0) is 19.1 Å². The topological polar surface area (TPSA) is 51.2 Å². The quantitative estimate of drug-likeness (QED) is 0.743. The van der Waals surface area contributed by atoms with Gasteiger partial charge in [0.25, 0.3) is 5.91 Å². The molecule has 4 nitrogen and oxygen atoms in total. The molecule has 1 aromatic heterocycles. The summed E-state index contributed by atoms with van der Waals surface area (Å²) in [6, 6.07) is 17.6. The van der Waals surface area contributed by atoms with Gasteiger partial charge >= 0.3 is 0 Å². The number of carbonyl (C=O) groups is 1. The average molecular weight is 338 g/mol. The van der Waals surface area contributed by atoms with Crippen LogP contribution in [0.5, 0.6) is 5.75 Å². The Bertz CT molecular complexity index is 798. The van der Waals surface area contributed by atoms with Crippen molar-refractivity contribution in [2.75, 3.05) is 6.61 Å². The maximum absolute atomic E-state index is 11.9. The largest absolute Gasteiger partial charge is 0.484 e. The van der Waals surface area contributed by atoms with Crippen molar-refractivity contribution >= 4 is 17.2 Å². The molecule has 122 valence electrons. The summed E-state index contributed by atoms with van der Waals surface area (Å²) >= 11 is 1.57. The summed E-state index contributed by atoms with van der Waals surface area (Å²) < 4.78 is 5.46. The number of ether oxygens (including phenoxy) is 1. The van der Waals surface area contributed by atoms with E-state index in [2.05, 4.69) is 10.3 Å². The number of aryl methyl sites for hydroxylation is 1. The number of nitrogens with one attached hydrogen (secondary N) is 1. The molecule has 0 radical (unpaired) electrons. The summed E-state index contributed by atoms with van der Waals surface area (Å²) in [7, 11) is 0. The number of rotatable bonds is 6. The molecule has 0 bridgehead atoms. The molecule has 0 fully saturated rings. The van der Waals surface area contributed by atoms with Gasteiger partial charge < -0.3 is 10.1 Å². The van der Waals surface area contributed by atoms with E-state index in [0.717, 1.165) is 21.8 Å². The highest BCUT2D eigenvalue weighted by Gasteiger charge is 2.07. The van der Waals surface area contributed by atoms with Gasteiger partial charge in [-0.1, -0.05) is 48.0 Å². The van der Waals surface area contributed by atoms with E-state index in [1.54, 1.807) is 11.3 Å². The van der Waals surface area contributed by atoms with Gasteiger partial charge in [-0.3, -0.25) is 4.79 Å². The zero-order chi connectivity index (χ0) is 16.8. The molecule has 1 N–H and O–H groups in total. The van der Waals surface area contributed by atoms with Gasteiger partial charge in [0.15, 0.2) is 6.61 Å². The molecule has 3 rings (SSSR count). The van der Waals surface area contributed by atoms with Crippen LogP contribution in [0, 0.1) is 6.92 Å². The van der Waals surface area contributed by atoms with E-state index in [1.165, 1.54) is 0 Å². The Morgan fingerprint density at radius 1 is 1.12 bits per heavy atom. The molecule has 3 aromatic rings. The lowest BCUT2D eigenvalue weighted by Gasteiger charge is -2.06. The maximum atomic E-state index is 11.9. The number of amides is 1. The van der Waals surface area contributed by atoms with Crippen molar-refractivity contribution in [1.29, 1.82) is 0 Å². The molecule has 0 unspecified atom stereocenters. The van der Waals surface area contributed by atoms with Gasteiger partial charge in [-0.25, -0.2) is 4.98 Å². The van der Waals surface area contributed by atoms with Crippen LogP contribution in [0.2, 0.25) is 0 Å². The van der Waals surface area contributed by atoms with Crippen molar-refractivity contribution in [3.8, 4) is 16.3 Å². The van der Waals surface area contributed by atoms with Crippen molar-refractivity contribution in [3.63, 3.8) is 0 Å². The smallest absolute Gasteiger partial charge is 0.258 e. The van der Waals surface area contributed by atoms with Crippen molar-refractivity contribution < 1.29 is 9.53 Å². The standard InChI is InChI=1S/C19H18N2O2S/c1-14-7-9-17(10-8-14)23-12-18(22)20-11-16-13-24-19(21-16)15-5-3-2-4-6-15/h2-10,13H,11-12H2,1H3,(H,20,22). The lowest BCUT2D eigenvalue weighted by Crippen LogP contribution is -2.28. The van der Waals surface area contributed by atoms with Gasteiger partial charge in [0.1, 0.15) is 10.8 Å². The van der Waals surface area contributed by atoms with Gasteiger partial charge in [-0.15, -0.1) is 11.3 Å². The number of nitrogens with zero attached hydrogens (tertiary/aromatic N) is 1. The second kappa shape index (κ2) is 7.75. The molecule has 24 heavy (non-hydrogen) atoms. The maximum Gasteiger partial charge on any atom is 0.258 e. The Labute approximate surface area is 145 Å². The molecule has 2 aromatic carbocycles. The number of benzene rings is 2. The summed E-state index contributed by atoms with van der Waals surface area (Å²) in [5.74, 6) is 0.528. The van der Waals surface area contributed by atoms with Crippen molar-refractivity contribution in [1.82, 2.24) is 10.3 Å². The molecular weight excluding hydrogens is 320 g/mol. The van der Waals surface area contributed by atoms with Crippen LogP contribution in [0.4, 0.5) is 0 Å². The Morgan fingerprint density at radius 2 is 1.88 bits per heavy atom. The fraction of sp³-hybridized carbons (Fsp3) is 0.158. The third-order valence-corrected chi connectivity index (χ3v) is 4.37. The van der Waals surface area contributed by atoms with Crippen LogP contribution in [0.1, 0.15) is 11.3 Å². The van der Waals surface area contributed by atoms with Gasteiger partial charge in [0, 0.05) is 10.9 Å². The van der Waals surface area contributed by atoms with Crippen LogP contribution in [0.25, 0.3) is 10.6 Å². The van der Waals surface area contributed by atoms with E-state index < -0.39 is 0 Å². The number of hydrogen-bond acceptors (Lipinski definition) is 4. The first-order valence-corrected chi connectivity index (χ1v) is 8.55. The summed E-state index contributed by atoms with van der Waals surface area (Å²) in [6.45, 7) is 2.41. The molecule has 0 aliphatic carbocycles. The van der Waals surface area contributed by atoms with Crippen molar-refractivity contribution in [2.45, 2.75) is 13.5 Å². The van der Waals surface area contributed by atoms with Crippen LogP contribution < -0.4 is 10.1 Å². The Hall–Kier alpha value is -2.66. The Balaban J connectivity index is 1.48. The lowest BCUT2D eigenvalue weighted by atomic mass is 10.2. The fourth-order valence-corrected chi connectivity index (χ4v) is 2.95. The third-order valence-electron chi connectivity index (χ3n) is 3.43. The molecule has 0 atom stereocenters. The predicted molar refractivity (Wildman–Crippen MR) is 96.1 cm³/mol. The minimum Gasteiger partial charge on any atom is -0.484 e. The van der Waals surface area contributed by atoms with Crippen molar-refractivity contribution in [2.24, 2.45) is 0 Å². The molecule has 1 heterocycles. The minimum absolute atomic E-state index is 0.00125. The second-order valence-electron chi connectivity index (χ2n) is 5.39. The van der Waals surface area contributed by atoms with Crippen LogP contribution in [0.3, 0.4) is 0 Å². The first-order chi connectivity index (χ1) is 11.7. The number of aromatic nitrogens is 1. The van der Waals surface area contributed by atoms with E-state index in [9.17, 15) is 4.79 Å². The zero-order valence-electron chi connectivity index (χ0n) is 13.4. The lowest BCUT2D eigenvalue weighted by molar-refractivity contribution is -0.123. The molecule has 0 saturated carbocycles. The van der Waals surface area contributed by atoms with Gasteiger partial charge in [0.05, 0.1) is 12.2 Å². The second-order valence-corrected chi connectivity index (χ2v) is 6.25. The molecule has 0 spiro atoms. The third kappa shape index (κ3) is 4.43. The molecule has 0 saturated heterocycles. The zero-order valence-corrected chi connectivity index (χ0v) is 14.2. The molecule has 0 aliphatic rings. The van der Waals surface area contributed by atoms with Crippen LogP contribution in [-0.2, 0) is 11.3 Å². The summed E-state index contributed by atoms with van der Waals surface area (Å²) in [5.41, 5.74) is 3.09. The predicted octanol–water partition coefficient (Wildman–Crippen LogP) is 3.81. The first-order valence-electron chi connectivity index (χ1n) is 7.67. The summed E-state index contributed by atoms with van der Waals surface area (Å²) in [5, 5.41) is 5.74. The van der Waals surface area contributed by atoms with Gasteiger partial charge in [-0.2, -0.15) is 0 Å². The molecule has 1 amide bonds. The first kappa shape index (κ1) is 16.2. The van der Waals surface area contributed by atoms with E-state index in [0.29, 0.717) is 12.3 Å².